The molecule has 0 aliphatic rings. The second kappa shape index (κ2) is 8.11. The van der Waals surface area contributed by atoms with Gasteiger partial charge in [0.15, 0.2) is 5.16 Å². The average Bonchev–Trinajstić information content (AvgIpc) is 3.08. The lowest BCUT2D eigenvalue weighted by atomic mass is 10.3. The number of hydrogen-bond donors (Lipinski definition) is 2. The molecule has 0 aliphatic heterocycles. The molecule has 0 saturated heterocycles. The first-order valence-electron chi connectivity index (χ1n) is 7.09. The Labute approximate surface area is 142 Å². The highest BCUT2D eigenvalue weighted by Gasteiger charge is 2.14. The van der Waals surface area contributed by atoms with E-state index in [1.807, 2.05) is 43.0 Å². The molecular weight excluding hydrogens is 334 g/mol. The molecule has 124 valence electrons. The summed E-state index contributed by atoms with van der Waals surface area (Å²) in [6.07, 6.45) is 0.713. The maximum Gasteiger partial charge on any atom is 0.321 e. The molecule has 7 nitrogen and oxygen atoms in total. The third-order valence-corrected chi connectivity index (χ3v) is 4.74. The molecule has 0 aromatic carbocycles. The molecule has 0 bridgehead atoms. The maximum atomic E-state index is 11.7. The summed E-state index contributed by atoms with van der Waals surface area (Å²) in [6, 6.07) is 3.54. The van der Waals surface area contributed by atoms with Gasteiger partial charge in [-0.25, -0.2) is 4.79 Å². The normalized spacial score (nSPS) is 10.8. The van der Waals surface area contributed by atoms with Gasteiger partial charge in [-0.05, 0) is 25.3 Å². The number of urea groups is 1. The van der Waals surface area contributed by atoms with Crippen LogP contribution >= 0.6 is 23.1 Å². The summed E-state index contributed by atoms with van der Waals surface area (Å²) in [5.41, 5.74) is 0. The van der Waals surface area contributed by atoms with Gasteiger partial charge < -0.3 is 9.88 Å². The smallest absolute Gasteiger partial charge is 0.321 e. The van der Waals surface area contributed by atoms with Crippen molar-refractivity contribution in [1.29, 1.82) is 0 Å². The second-order valence-electron chi connectivity index (χ2n) is 5.18. The Morgan fingerprint density at radius 1 is 1.39 bits per heavy atom. The van der Waals surface area contributed by atoms with Gasteiger partial charge >= 0.3 is 6.03 Å². The minimum Gasteiger partial charge on any atom is -0.336 e. The molecule has 2 rings (SSSR count). The molecule has 0 unspecified atom stereocenters. The molecule has 2 N–H and O–H groups in total. The second-order valence-corrected chi connectivity index (χ2v) is 7.15. The van der Waals surface area contributed by atoms with Gasteiger partial charge in [-0.1, -0.05) is 17.8 Å². The van der Waals surface area contributed by atoms with Gasteiger partial charge in [0.05, 0.1) is 5.75 Å². The largest absolute Gasteiger partial charge is 0.336 e. The highest BCUT2D eigenvalue weighted by molar-refractivity contribution is 7.99. The van der Waals surface area contributed by atoms with Gasteiger partial charge in [0.2, 0.25) is 5.91 Å². The molecule has 2 aromatic rings. The molecule has 0 radical (unpaired) electrons. The Morgan fingerprint density at radius 2 is 2.17 bits per heavy atom. The van der Waals surface area contributed by atoms with Crippen molar-refractivity contribution in [2.45, 2.75) is 31.5 Å². The molecular formula is C14H19N5O2S2. The van der Waals surface area contributed by atoms with Crippen molar-refractivity contribution in [3.63, 3.8) is 0 Å². The van der Waals surface area contributed by atoms with Crippen molar-refractivity contribution < 1.29 is 9.59 Å². The quantitative estimate of drug-likeness (QED) is 0.773. The molecule has 23 heavy (non-hydrogen) atoms. The van der Waals surface area contributed by atoms with Crippen LogP contribution in [0.4, 0.5) is 4.79 Å². The Morgan fingerprint density at radius 3 is 2.83 bits per heavy atom. The predicted octanol–water partition coefficient (Wildman–Crippen LogP) is 1.79. The fourth-order valence-electron chi connectivity index (χ4n) is 1.78. The van der Waals surface area contributed by atoms with Gasteiger partial charge in [0.1, 0.15) is 5.82 Å². The number of rotatable bonds is 6. The summed E-state index contributed by atoms with van der Waals surface area (Å²) >= 11 is 2.92. The number of nitrogens with zero attached hydrogens (tertiary/aromatic N) is 3. The van der Waals surface area contributed by atoms with E-state index in [2.05, 4.69) is 20.8 Å². The summed E-state index contributed by atoms with van der Waals surface area (Å²) in [5, 5.41) is 15.8. The van der Waals surface area contributed by atoms with Crippen LogP contribution in [0.1, 0.15) is 24.5 Å². The Balaban J connectivity index is 1.85. The number of thiophene rings is 1. The lowest BCUT2D eigenvalue weighted by Crippen LogP contribution is -2.43. The van der Waals surface area contributed by atoms with E-state index in [1.165, 1.54) is 16.6 Å². The molecule has 0 aliphatic carbocycles. The zero-order chi connectivity index (χ0) is 16.8. The van der Waals surface area contributed by atoms with Crippen molar-refractivity contribution in [2.75, 3.05) is 5.75 Å². The predicted molar refractivity (Wildman–Crippen MR) is 90.7 cm³/mol. The van der Waals surface area contributed by atoms with Crippen LogP contribution in [-0.4, -0.2) is 38.5 Å². The van der Waals surface area contributed by atoms with Crippen molar-refractivity contribution in [1.82, 2.24) is 25.4 Å². The number of amides is 3. The van der Waals surface area contributed by atoms with E-state index in [9.17, 15) is 9.59 Å². The van der Waals surface area contributed by atoms with Crippen LogP contribution in [0.25, 0.3) is 0 Å². The average molecular weight is 353 g/mol. The molecule has 3 amide bonds. The van der Waals surface area contributed by atoms with Crippen LogP contribution in [-0.2, 0) is 18.3 Å². The lowest BCUT2D eigenvalue weighted by molar-refractivity contribution is -0.117. The summed E-state index contributed by atoms with van der Waals surface area (Å²) < 4.78 is 1.87. The number of imide groups is 1. The molecule has 0 atom stereocenters. The van der Waals surface area contributed by atoms with Crippen LogP contribution in [0.15, 0.2) is 22.7 Å². The van der Waals surface area contributed by atoms with Gasteiger partial charge in [-0.3, -0.25) is 10.1 Å². The lowest BCUT2D eigenvalue weighted by Gasteiger charge is -2.08. The SMILES string of the molecule is CC(C)NC(=O)NC(=O)CSc1nnc(Cc2cccs2)n1C. The molecule has 0 spiro atoms. The van der Waals surface area contributed by atoms with Crippen LogP contribution in [0.2, 0.25) is 0 Å². The molecule has 9 heteroatoms. The van der Waals surface area contributed by atoms with E-state index in [0.29, 0.717) is 11.6 Å². The van der Waals surface area contributed by atoms with E-state index in [4.69, 9.17) is 0 Å². The fourth-order valence-corrected chi connectivity index (χ4v) is 3.22. The van der Waals surface area contributed by atoms with Gasteiger partial charge in [-0.2, -0.15) is 0 Å². The fraction of sp³-hybridized carbons (Fsp3) is 0.429. The van der Waals surface area contributed by atoms with Crippen molar-refractivity contribution >= 4 is 35.0 Å². The first-order chi connectivity index (χ1) is 11.0. The number of aromatic nitrogens is 3. The van der Waals surface area contributed by atoms with Gasteiger partial charge in [0.25, 0.3) is 0 Å². The topological polar surface area (TPSA) is 88.9 Å². The van der Waals surface area contributed by atoms with Crippen LogP contribution in [0.3, 0.4) is 0 Å². The first-order valence-corrected chi connectivity index (χ1v) is 8.96. The third kappa shape index (κ3) is 5.36. The van der Waals surface area contributed by atoms with E-state index in [1.54, 1.807) is 11.3 Å². The van der Waals surface area contributed by atoms with Crippen LogP contribution < -0.4 is 10.6 Å². The number of carbonyl (C=O) groups is 2. The molecule has 0 saturated carbocycles. The minimum atomic E-state index is -0.484. The summed E-state index contributed by atoms with van der Waals surface area (Å²) in [5.74, 6) is 0.583. The van der Waals surface area contributed by atoms with Crippen molar-refractivity contribution in [2.24, 2.45) is 7.05 Å². The summed E-state index contributed by atoms with van der Waals surface area (Å²) in [6.45, 7) is 3.65. The minimum absolute atomic E-state index is 0.0194. The monoisotopic (exact) mass is 353 g/mol. The zero-order valence-corrected chi connectivity index (χ0v) is 14.8. The van der Waals surface area contributed by atoms with E-state index >= 15 is 0 Å². The standard InChI is InChI=1S/C14H19N5O2S2/c1-9(2)15-13(21)16-12(20)8-23-14-18-17-11(19(14)3)7-10-5-4-6-22-10/h4-6,9H,7-8H2,1-3H3,(H2,15,16,20,21). The maximum absolute atomic E-state index is 11.7. The third-order valence-electron chi connectivity index (χ3n) is 2.84. The number of thioether (sulfide) groups is 1. The van der Waals surface area contributed by atoms with Gasteiger partial charge in [0, 0.05) is 24.4 Å². The summed E-state index contributed by atoms with van der Waals surface area (Å²) in [7, 11) is 1.87. The number of hydrogen-bond acceptors (Lipinski definition) is 6. The highest BCUT2D eigenvalue weighted by Crippen LogP contribution is 2.18. The highest BCUT2D eigenvalue weighted by atomic mass is 32.2. The van der Waals surface area contributed by atoms with E-state index < -0.39 is 6.03 Å². The van der Waals surface area contributed by atoms with E-state index in [-0.39, 0.29) is 17.7 Å². The summed E-state index contributed by atoms with van der Waals surface area (Å²) in [4.78, 5) is 24.4. The Hall–Kier alpha value is -1.87. The number of nitrogens with one attached hydrogen (secondary N) is 2. The van der Waals surface area contributed by atoms with Crippen molar-refractivity contribution in [3.8, 4) is 0 Å². The Bertz CT molecular complexity index is 667. The van der Waals surface area contributed by atoms with Crippen molar-refractivity contribution in [3.05, 3.63) is 28.2 Å². The van der Waals surface area contributed by atoms with Crippen LogP contribution in [0, 0.1) is 0 Å². The molecule has 2 heterocycles. The van der Waals surface area contributed by atoms with E-state index in [0.717, 1.165) is 5.82 Å². The molecule has 0 fully saturated rings. The van der Waals surface area contributed by atoms with Crippen LogP contribution in [0.5, 0.6) is 0 Å². The van der Waals surface area contributed by atoms with Gasteiger partial charge in [-0.15, -0.1) is 21.5 Å². The first kappa shape index (κ1) is 17.5. The zero-order valence-electron chi connectivity index (χ0n) is 13.2. The number of carbonyl (C=O) groups excluding carboxylic acids is 2. The molecule has 2 aromatic heterocycles. The Kier molecular flexibility index (Phi) is 6.17.